The summed E-state index contributed by atoms with van der Waals surface area (Å²) < 4.78 is 6.43. The van der Waals surface area contributed by atoms with E-state index in [1.807, 2.05) is 24.4 Å². The summed E-state index contributed by atoms with van der Waals surface area (Å²) in [5.41, 5.74) is 3.87. The van der Waals surface area contributed by atoms with Crippen LogP contribution in [0.25, 0.3) is 65.5 Å². The molecule has 0 saturated carbocycles. The summed E-state index contributed by atoms with van der Waals surface area (Å²) in [7, 11) is 0. The SMILES string of the molecule is c1ccc(-c2ccc3c4cccc5ccc6ccc7oc2c3c7c6c54)nc1. The summed E-state index contributed by atoms with van der Waals surface area (Å²) in [5.74, 6) is 0. The molecule has 2 heteroatoms. The smallest absolute Gasteiger partial charge is 0.145 e. The molecular weight excluding hydrogens is 330 g/mol. The third-order valence-electron chi connectivity index (χ3n) is 5.84. The number of rotatable bonds is 1. The van der Waals surface area contributed by atoms with Crippen molar-refractivity contribution in [2.24, 2.45) is 0 Å². The molecule has 0 unspecified atom stereocenters. The number of hydrogen-bond acceptors (Lipinski definition) is 2. The minimum Gasteiger partial charge on any atom is -0.455 e. The fraction of sp³-hybridized carbons (Fsp3) is 0. The Kier molecular flexibility index (Phi) is 2.28. The van der Waals surface area contributed by atoms with Crippen LogP contribution >= 0.6 is 0 Å². The third kappa shape index (κ3) is 1.55. The van der Waals surface area contributed by atoms with Gasteiger partial charge in [-0.05, 0) is 51.2 Å². The van der Waals surface area contributed by atoms with Crippen molar-refractivity contribution in [3.8, 4) is 11.3 Å². The van der Waals surface area contributed by atoms with Crippen molar-refractivity contribution in [1.82, 2.24) is 4.98 Å². The number of hydrogen-bond donors (Lipinski definition) is 0. The molecule has 2 heterocycles. The second-order valence-electron chi connectivity index (χ2n) is 7.19. The summed E-state index contributed by atoms with van der Waals surface area (Å²) in [6.45, 7) is 0. The van der Waals surface area contributed by atoms with Gasteiger partial charge >= 0.3 is 0 Å². The van der Waals surface area contributed by atoms with Gasteiger partial charge in [-0.3, -0.25) is 4.98 Å². The van der Waals surface area contributed by atoms with Crippen molar-refractivity contribution in [3.05, 3.63) is 79.0 Å². The van der Waals surface area contributed by atoms with Crippen LogP contribution in [0.5, 0.6) is 0 Å². The molecule has 27 heavy (non-hydrogen) atoms. The molecule has 0 aliphatic carbocycles. The van der Waals surface area contributed by atoms with E-state index in [0.29, 0.717) is 0 Å². The molecule has 0 saturated heterocycles. The molecule has 5 aromatic carbocycles. The van der Waals surface area contributed by atoms with Gasteiger partial charge in [0, 0.05) is 27.9 Å². The minimum absolute atomic E-state index is 0.931. The highest BCUT2D eigenvalue weighted by Gasteiger charge is 2.22. The van der Waals surface area contributed by atoms with Gasteiger partial charge in [0.15, 0.2) is 0 Å². The molecule has 7 aromatic rings. The molecule has 0 spiro atoms. The molecule has 0 fully saturated rings. The zero-order valence-corrected chi connectivity index (χ0v) is 14.4. The van der Waals surface area contributed by atoms with E-state index in [-0.39, 0.29) is 0 Å². The van der Waals surface area contributed by atoms with E-state index in [2.05, 4.69) is 59.6 Å². The van der Waals surface area contributed by atoms with Gasteiger partial charge in [0.25, 0.3) is 0 Å². The molecule has 0 radical (unpaired) electrons. The Labute approximate surface area is 154 Å². The summed E-state index contributed by atoms with van der Waals surface area (Å²) >= 11 is 0. The van der Waals surface area contributed by atoms with Crippen molar-refractivity contribution in [2.75, 3.05) is 0 Å². The average molecular weight is 343 g/mol. The maximum absolute atomic E-state index is 6.43. The quantitative estimate of drug-likeness (QED) is 0.237. The van der Waals surface area contributed by atoms with Crippen molar-refractivity contribution >= 4 is 54.3 Å². The Morgan fingerprint density at radius 2 is 1.44 bits per heavy atom. The molecule has 0 aliphatic heterocycles. The van der Waals surface area contributed by atoms with Crippen LogP contribution in [0.1, 0.15) is 0 Å². The number of aromatic nitrogens is 1. The van der Waals surface area contributed by atoms with E-state index < -0.39 is 0 Å². The van der Waals surface area contributed by atoms with Gasteiger partial charge in [0.1, 0.15) is 11.2 Å². The van der Waals surface area contributed by atoms with Gasteiger partial charge in [-0.2, -0.15) is 0 Å². The van der Waals surface area contributed by atoms with Crippen molar-refractivity contribution in [2.45, 2.75) is 0 Å². The molecule has 0 amide bonds. The zero-order chi connectivity index (χ0) is 17.5. The fourth-order valence-corrected chi connectivity index (χ4v) is 4.73. The van der Waals surface area contributed by atoms with Crippen LogP contribution in [0, 0.1) is 0 Å². The molecule has 124 valence electrons. The van der Waals surface area contributed by atoms with Crippen molar-refractivity contribution in [1.29, 1.82) is 0 Å². The second kappa shape index (κ2) is 4.54. The van der Waals surface area contributed by atoms with E-state index in [9.17, 15) is 0 Å². The van der Waals surface area contributed by atoms with Crippen LogP contribution in [0.2, 0.25) is 0 Å². The molecule has 0 bridgehead atoms. The second-order valence-corrected chi connectivity index (χ2v) is 7.19. The lowest BCUT2D eigenvalue weighted by molar-refractivity contribution is 0.670. The van der Waals surface area contributed by atoms with Gasteiger partial charge in [0.2, 0.25) is 0 Å². The van der Waals surface area contributed by atoms with Crippen molar-refractivity contribution in [3.63, 3.8) is 0 Å². The summed E-state index contributed by atoms with van der Waals surface area (Å²) in [6, 6.07) is 25.6. The lowest BCUT2D eigenvalue weighted by Gasteiger charge is -2.13. The monoisotopic (exact) mass is 343 g/mol. The first-order chi connectivity index (χ1) is 13.4. The van der Waals surface area contributed by atoms with E-state index in [4.69, 9.17) is 4.42 Å². The van der Waals surface area contributed by atoms with Gasteiger partial charge in [-0.1, -0.05) is 48.5 Å². The number of nitrogens with zero attached hydrogens (tertiary/aromatic N) is 1. The van der Waals surface area contributed by atoms with Gasteiger partial charge in [0.05, 0.1) is 5.69 Å². The number of pyridine rings is 1. The maximum Gasteiger partial charge on any atom is 0.145 e. The van der Waals surface area contributed by atoms with Crippen LogP contribution in [-0.4, -0.2) is 4.98 Å². The lowest BCUT2D eigenvalue weighted by Crippen LogP contribution is -1.87. The zero-order valence-electron chi connectivity index (χ0n) is 14.4. The Morgan fingerprint density at radius 3 is 2.33 bits per heavy atom. The molecular formula is C25H13NO. The standard InChI is InChI=1S/C25H13NO/c1-2-13-26-19(6-1)18-11-10-17-16-5-3-4-14-7-8-15-9-12-20-24(22(15)21(14)16)23(17)25(18)27-20/h1-13H. The van der Waals surface area contributed by atoms with Gasteiger partial charge in [-0.15, -0.1) is 0 Å². The fourth-order valence-electron chi connectivity index (χ4n) is 4.73. The average Bonchev–Trinajstić information content (AvgIpc) is 3.13. The molecule has 2 nitrogen and oxygen atoms in total. The molecule has 0 N–H and O–H groups in total. The van der Waals surface area contributed by atoms with E-state index in [1.165, 1.54) is 43.1 Å². The first kappa shape index (κ1) is 13.5. The van der Waals surface area contributed by atoms with Crippen LogP contribution in [0.3, 0.4) is 0 Å². The Hall–Kier alpha value is -3.65. The predicted octanol–water partition coefficient (Wildman–Crippen LogP) is 6.98. The summed E-state index contributed by atoms with van der Waals surface area (Å²) in [5, 5.41) is 10.2. The minimum atomic E-state index is 0.931. The largest absolute Gasteiger partial charge is 0.455 e. The van der Waals surface area contributed by atoms with Crippen LogP contribution < -0.4 is 0 Å². The number of benzene rings is 5. The Morgan fingerprint density at radius 1 is 0.593 bits per heavy atom. The number of furan rings is 1. The van der Waals surface area contributed by atoms with Gasteiger partial charge in [-0.25, -0.2) is 0 Å². The highest BCUT2D eigenvalue weighted by molar-refractivity contribution is 6.39. The van der Waals surface area contributed by atoms with Gasteiger partial charge < -0.3 is 4.42 Å². The predicted molar refractivity (Wildman–Crippen MR) is 112 cm³/mol. The normalized spacial score (nSPS) is 12.4. The topological polar surface area (TPSA) is 26.0 Å². The first-order valence-electron chi connectivity index (χ1n) is 9.15. The third-order valence-corrected chi connectivity index (χ3v) is 5.84. The maximum atomic E-state index is 6.43. The van der Waals surface area contributed by atoms with Crippen LogP contribution in [0.15, 0.2) is 83.4 Å². The summed E-state index contributed by atoms with van der Waals surface area (Å²) in [6.07, 6.45) is 1.83. The highest BCUT2D eigenvalue weighted by atomic mass is 16.3. The first-order valence-corrected chi connectivity index (χ1v) is 9.15. The molecule has 2 aromatic heterocycles. The van der Waals surface area contributed by atoms with E-state index >= 15 is 0 Å². The molecule has 0 atom stereocenters. The van der Waals surface area contributed by atoms with Crippen LogP contribution in [-0.2, 0) is 0 Å². The molecule has 0 aliphatic rings. The highest BCUT2D eigenvalue weighted by Crippen LogP contribution is 2.47. The number of fused-ring (bicyclic) bond motifs is 1. The Bertz CT molecular complexity index is 1610. The van der Waals surface area contributed by atoms with Crippen molar-refractivity contribution < 1.29 is 4.42 Å². The summed E-state index contributed by atoms with van der Waals surface area (Å²) in [4.78, 5) is 4.56. The van der Waals surface area contributed by atoms with E-state index in [1.54, 1.807) is 0 Å². The molecule has 7 rings (SSSR count). The lowest BCUT2D eigenvalue weighted by atomic mass is 9.88. The van der Waals surface area contributed by atoms with E-state index in [0.717, 1.165) is 22.4 Å². The van der Waals surface area contributed by atoms with Crippen LogP contribution in [0.4, 0.5) is 0 Å². The Balaban J connectivity index is 1.83.